The molecule has 1 aromatic carbocycles. The molecule has 21 heavy (non-hydrogen) atoms. The normalized spacial score (nSPS) is 23.2. The summed E-state index contributed by atoms with van der Waals surface area (Å²) >= 11 is 1.59. The molecule has 0 heterocycles. The smallest absolute Gasteiger partial charge is 0.243 e. The van der Waals surface area contributed by atoms with E-state index in [-0.39, 0.29) is 11.3 Å². The van der Waals surface area contributed by atoms with Crippen molar-refractivity contribution < 1.29 is 17.2 Å². The van der Waals surface area contributed by atoms with Gasteiger partial charge in [0.25, 0.3) is 0 Å². The Balaban J connectivity index is 2.28. The molecule has 0 aliphatic heterocycles. The number of hydrogen-bond donors (Lipinski definition) is 2. The van der Waals surface area contributed by atoms with Crippen LogP contribution in [0.2, 0.25) is 0 Å². The predicted molar refractivity (Wildman–Crippen MR) is 80.7 cm³/mol. The van der Waals surface area contributed by atoms with E-state index >= 15 is 0 Å². The van der Waals surface area contributed by atoms with Gasteiger partial charge in [-0.1, -0.05) is 12.8 Å². The molecule has 0 bridgehead atoms. The molecule has 4 nitrogen and oxygen atoms in total. The standard InChI is InChI=1S/C13H18F2N2O2S2/c1-20-10-5-3-2-4-9(10)17-21(18,19)11-7-6-8(14)13(16)12(11)15/h6-7,9-10,17H,2-5,16H2,1H3. The van der Waals surface area contributed by atoms with E-state index in [9.17, 15) is 17.2 Å². The third-order valence-electron chi connectivity index (χ3n) is 3.69. The Hall–Kier alpha value is -0.860. The Morgan fingerprint density at radius 3 is 2.62 bits per heavy atom. The third kappa shape index (κ3) is 3.49. The fraction of sp³-hybridized carbons (Fsp3) is 0.538. The molecule has 8 heteroatoms. The van der Waals surface area contributed by atoms with Gasteiger partial charge in [0, 0.05) is 11.3 Å². The van der Waals surface area contributed by atoms with Crippen molar-refractivity contribution >= 4 is 27.5 Å². The topological polar surface area (TPSA) is 72.2 Å². The average molecular weight is 336 g/mol. The van der Waals surface area contributed by atoms with Crippen molar-refractivity contribution in [1.82, 2.24) is 4.72 Å². The van der Waals surface area contributed by atoms with E-state index in [1.807, 2.05) is 6.26 Å². The highest BCUT2D eigenvalue weighted by molar-refractivity contribution is 7.99. The summed E-state index contributed by atoms with van der Waals surface area (Å²) < 4.78 is 54.2. The minimum Gasteiger partial charge on any atom is -0.394 e. The zero-order valence-corrected chi connectivity index (χ0v) is 13.2. The molecule has 1 fully saturated rings. The number of thioether (sulfide) groups is 1. The second-order valence-electron chi connectivity index (χ2n) is 5.06. The first-order valence-electron chi connectivity index (χ1n) is 6.65. The number of nitrogens with one attached hydrogen (secondary N) is 1. The lowest BCUT2D eigenvalue weighted by molar-refractivity contribution is 0.422. The molecule has 1 aliphatic rings. The Morgan fingerprint density at radius 1 is 1.29 bits per heavy atom. The van der Waals surface area contributed by atoms with Gasteiger partial charge < -0.3 is 5.73 Å². The molecule has 3 N–H and O–H groups in total. The minimum absolute atomic E-state index is 0.161. The van der Waals surface area contributed by atoms with Gasteiger partial charge >= 0.3 is 0 Å². The SMILES string of the molecule is CSC1CCCCC1NS(=O)(=O)c1ccc(F)c(N)c1F. The van der Waals surface area contributed by atoms with E-state index in [4.69, 9.17) is 5.73 Å². The summed E-state index contributed by atoms with van der Waals surface area (Å²) in [6.45, 7) is 0. The van der Waals surface area contributed by atoms with Gasteiger partial charge in [-0.25, -0.2) is 21.9 Å². The molecular weight excluding hydrogens is 318 g/mol. The highest BCUT2D eigenvalue weighted by Crippen LogP contribution is 2.29. The van der Waals surface area contributed by atoms with Crippen molar-refractivity contribution in [3.63, 3.8) is 0 Å². The Morgan fingerprint density at radius 2 is 1.95 bits per heavy atom. The van der Waals surface area contributed by atoms with Crippen LogP contribution in [0.3, 0.4) is 0 Å². The van der Waals surface area contributed by atoms with Crippen LogP contribution >= 0.6 is 11.8 Å². The van der Waals surface area contributed by atoms with Gasteiger partial charge in [0.2, 0.25) is 10.0 Å². The number of nitrogens with two attached hydrogens (primary N) is 1. The number of hydrogen-bond acceptors (Lipinski definition) is 4. The molecule has 0 amide bonds. The van der Waals surface area contributed by atoms with Crippen LogP contribution in [0.1, 0.15) is 25.7 Å². The molecule has 2 rings (SSSR count). The van der Waals surface area contributed by atoms with Gasteiger partial charge in [-0.15, -0.1) is 0 Å². The van der Waals surface area contributed by atoms with Gasteiger partial charge in [0.1, 0.15) is 16.4 Å². The van der Waals surface area contributed by atoms with Crippen LogP contribution in [0.5, 0.6) is 0 Å². The molecule has 0 radical (unpaired) electrons. The molecule has 2 unspecified atom stereocenters. The van der Waals surface area contributed by atoms with Crippen molar-refractivity contribution in [2.75, 3.05) is 12.0 Å². The number of nitrogen functional groups attached to an aromatic ring is 1. The van der Waals surface area contributed by atoms with Gasteiger partial charge in [-0.05, 0) is 31.2 Å². The number of halogens is 2. The monoisotopic (exact) mass is 336 g/mol. The fourth-order valence-corrected chi connectivity index (χ4v) is 4.96. The Labute approximate surface area is 127 Å². The molecule has 1 aromatic rings. The summed E-state index contributed by atoms with van der Waals surface area (Å²) in [6.07, 6.45) is 5.54. The van der Waals surface area contributed by atoms with Crippen molar-refractivity contribution in [3.05, 3.63) is 23.8 Å². The maximum absolute atomic E-state index is 13.9. The lowest BCUT2D eigenvalue weighted by Gasteiger charge is -2.30. The van der Waals surface area contributed by atoms with Crippen LogP contribution in [0.15, 0.2) is 17.0 Å². The quantitative estimate of drug-likeness (QED) is 0.829. The maximum Gasteiger partial charge on any atom is 0.243 e. The third-order valence-corrected chi connectivity index (χ3v) is 6.37. The van der Waals surface area contributed by atoms with Gasteiger partial charge in [-0.3, -0.25) is 0 Å². The van der Waals surface area contributed by atoms with Crippen molar-refractivity contribution in [2.24, 2.45) is 0 Å². The summed E-state index contributed by atoms with van der Waals surface area (Å²) in [5.74, 6) is -2.20. The second-order valence-corrected chi connectivity index (χ2v) is 7.82. The van der Waals surface area contributed by atoms with Crippen LogP contribution in [-0.4, -0.2) is 26.0 Å². The van der Waals surface area contributed by atoms with E-state index in [1.165, 1.54) is 0 Å². The van der Waals surface area contributed by atoms with E-state index in [1.54, 1.807) is 11.8 Å². The molecule has 2 atom stereocenters. The van der Waals surface area contributed by atoms with E-state index < -0.39 is 32.2 Å². The van der Waals surface area contributed by atoms with Crippen LogP contribution in [0.4, 0.5) is 14.5 Å². The van der Waals surface area contributed by atoms with Gasteiger partial charge in [0.05, 0.1) is 0 Å². The highest BCUT2D eigenvalue weighted by atomic mass is 32.2. The Bertz CT molecular complexity index is 623. The lowest BCUT2D eigenvalue weighted by atomic mass is 9.96. The Kier molecular flexibility index (Phi) is 5.11. The number of anilines is 1. The maximum atomic E-state index is 13.9. The second kappa shape index (κ2) is 6.50. The summed E-state index contributed by atoms with van der Waals surface area (Å²) in [7, 11) is -4.06. The molecule has 1 aliphatic carbocycles. The van der Waals surface area contributed by atoms with E-state index in [0.29, 0.717) is 6.42 Å². The molecule has 118 valence electrons. The van der Waals surface area contributed by atoms with Crippen LogP contribution in [-0.2, 0) is 10.0 Å². The number of benzene rings is 1. The predicted octanol–water partition coefficient (Wildman–Crippen LogP) is 2.50. The molecule has 0 saturated heterocycles. The number of rotatable bonds is 4. The summed E-state index contributed by atoms with van der Waals surface area (Å²) in [4.78, 5) is -0.605. The first kappa shape index (κ1) is 16.5. The molecule has 0 aromatic heterocycles. The van der Waals surface area contributed by atoms with E-state index in [0.717, 1.165) is 31.4 Å². The summed E-state index contributed by atoms with van der Waals surface area (Å²) in [6, 6.07) is 1.52. The van der Waals surface area contributed by atoms with Gasteiger partial charge in [0.15, 0.2) is 5.82 Å². The first-order chi connectivity index (χ1) is 9.86. The van der Waals surface area contributed by atoms with E-state index in [2.05, 4.69) is 4.72 Å². The average Bonchev–Trinajstić information content (AvgIpc) is 2.44. The first-order valence-corrected chi connectivity index (χ1v) is 9.42. The largest absolute Gasteiger partial charge is 0.394 e. The molecule has 0 spiro atoms. The van der Waals surface area contributed by atoms with Crippen LogP contribution < -0.4 is 10.5 Å². The lowest BCUT2D eigenvalue weighted by Crippen LogP contribution is -2.43. The molecular formula is C13H18F2N2O2S2. The van der Waals surface area contributed by atoms with Crippen molar-refractivity contribution in [2.45, 2.75) is 41.9 Å². The fourth-order valence-electron chi connectivity index (χ4n) is 2.53. The zero-order valence-electron chi connectivity index (χ0n) is 11.6. The highest BCUT2D eigenvalue weighted by Gasteiger charge is 2.31. The summed E-state index contributed by atoms with van der Waals surface area (Å²) in [5.41, 5.74) is 4.44. The van der Waals surface area contributed by atoms with Crippen molar-refractivity contribution in [1.29, 1.82) is 0 Å². The minimum atomic E-state index is -4.06. The zero-order chi connectivity index (χ0) is 15.6. The van der Waals surface area contributed by atoms with Crippen molar-refractivity contribution in [3.8, 4) is 0 Å². The summed E-state index contributed by atoms with van der Waals surface area (Å²) in [5, 5.41) is 0.161. The van der Waals surface area contributed by atoms with Gasteiger partial charge in [-0.2, -0.15) is 11.8 Å². The molecule has 1 saturated carbocycles. The number of sulfonamides is 1. The van der Waals surface area contributed by atoms with Crippen LogP contribution in [0.25, 0.3) is 0 Å². The van der Waals surface area contributed by atoms with Crippen LogP contribution in [0, 0.1) is 11.6 Å².